The first kappa shape index (κ1) is 43.1. The van der Waals surface area contributed by atoms with E-state index < -0.39 is 0 Å². The second-order valence-corrected chi connectivity index (χ2v) is 21.1. The van der Waals surface area contributed by atoms with Crippen molar-refractivity contribution in [2.75, 3.05) is 9.80 Å². The fourth-order valence-corrected chi connectivity index (χ4v) is 14.7. The minimum atomic E-state index is -0.131. The largest absolute Gasteiger partial charge is 0.457 e. The van der Waals surface area contributed by atoms with Gasteiger partial charge in [-0.1, -0.05) is 193 Å². The second-order valence-electron chi connectivity index (χ2n) is 19.0. The van der Waals surface area contributed by atoms with Crippen molar-refractivity contribution in [2.45, 2.75) is 19.6 Å². The molecule has 0 saturated heterocycles. The second kappa shape index (κ2) is 17.6. The van der Waals surface area contributed by atoms with Gasteiger partial charge < -0.3 is 19.3 Å². The maximum atomic E-state index is 6.86. The molecular weight excluding hydrogens is 938 g/mol. The quantitative estimate of drug-likeness (QED) is 0.141. The Morgan fingerprint density at radius 2 is 0.649 bits per heavy atom. The van der Waals surface area contributed by atoms with E-state index in [2.05, 4.69) is 204 Å². The van der Waals surface area contributed by atoms with Crippen molar-refractivity contribution in [1.29, 1.82) is 0 Å². The zero-order chi connectivity index (χ0) is 48.7. The highest BCUT2D eigenvalue weighted by Crippen LogP contribution is 2.53. The van der Waals surface area contributed by atoms with E-state index in [0.29, 0.717) is 0 Å². The molecule has 0 saturated carbocycles. The molecule has 8 heteroatoms. The maximum absolute atomic E-state index is 6.86. The summed E-state index contributed by atoms with van der Waals surface area (Å²) in [5.74, 6) is 3.19. The van der Waals surface area contributed by atoms with E-state index in [1.807, 2.05) is 84.2 Å². The molecular formula is C66H42B2N2O2S2. The van der Waals surface area contributed by atoms with Crippen molar-refractivity contribution in [3.05, 3.63) is 255 Å². The normalized spacial score (nSPS) is 13.2. The van der Waals surface area contributed by atoms with Crippen LogP contribution in [0.1, 0.15) is 0 Å². The van der Waals surface area contributed by atoms with E-state index in [0.717, 1.165) is 57.1 Å². The molecule has 0 radical (unpaired) electrons. The van der Waals surface area contributed by atoms with Crippen molar-refractivity contribution in [3.8, 4) is 45.3 Å². The van der Waals surface area contributed by atoms with Crippen LogP contribution in [0, 0.1) is 0 Å². The lowest BCUT2D eigenvalue weighted by Gasteiger charge is -2.45. The van der Waals surface area contributed by atoms with Crippen LogP contribution < -0.4 is 52.1 Å². The summed E-state index contributed by atoms with van der Waals surface area (Å²) in [4.78, 5) is 9.80. The van der Waals surface area contributed by atoms with Gasteiger partial charge in [0, 0.05) is 71.4 Å². The Balaban J connectivity index is 1.07. The van der Waals surface area contributed by atoms with Crippen LogP contribution in [0.4, 0.5) is 34.1 Å². The van der Waals surface area contributed by atoms with Crippen molar-refractivity contribution >= 4 is 104 Å². The van der Waals surface area contributed by atoms with Gasteiger partial charge in [-0.3, -0.25) is 0 Å². The number of benzene rings is 11. The number of ether oxygens (including phenoxy) is 2. The Labute approximate surface area is 440 Å². The third kappa shape index (κ3) is 6.89. The summed E-state index contributed by atoms with van der Waals surface area (Å²) in [5.41, 5.74) is 19.5. The van der Waals surface area contributed by atoms with Crippen molar-refractivity contribution < 1.29 is 9.47 Å². The third-order valence-electron chi connectivity index (χ3n) is 14.8. The average molecular weight is 981 g/mol. The highest BCUT2D eigenvalue weighted by atomic mass is 32.2. The van der Waals surface area contributed by atoms with E-state index in [1.54, 1.807) is 0 Å². The number of nitrogens with zero attached hydrogens (tertiary/aromatic N) is 2. The highest BCUT2D eigenvalue weighted by molar-refractivity contribution is 8.01. The zero-order valence-corrected chi connectivity index (χ0v) is 41.6. The van der Waals surface area contributed by atoms with Crippen LogP contribution in [0.15, 0.2) is 274 Å². The van der Waals surface area contributed by atoms with Crippen LogP contribution in [-0.4, -0.2) is 13.4 Å². The van der Waals surface area contributed by atoms with Crippen LogP contribution in [0.5, 0.6) is 23.0 Å². The smallest absolute Gasteiger partial charge is 0.250 e. The van der Waals surface area contributed by atoms with Gasteiger partial charge in [0.15, 0.2) is 0 Å². The summed E-state index contributed by atoms with van der Waals surface area (Å²) >= 11 is 3.78. The first-order valence-corrected chi connectivity index (χ1v) is 26.8. The first-order valence-electron chi connectivity index (χ1n) is 25.1. The summed E-state index contributed by atoms with van der Waals surface area (Å²) < 4.78 is 13.7. The number of hydrogen-bond donors (Lipinski definition) is 0. The predicted molar refractivity (Wildman–Crippen MR) is 310 cm³/mol. The lowest BCUT2D eigenvalue weighted by Crippen LogP contribution is -2.65. The van der Waals surface area contributed by atoms with Gasteiger partial charge in [0.2, 0.25) is 13.4 Å². The molecule has 11 aromatic rings. The van der Waals surface area contributed by atoms with Crippen molar-refractivity contribution in [1.82, 2.24) is 0 Å². The summed E-state index contributed by atoms with van der Waals surface area (Å²) in [6, 6.07) is 91.6. The lowest BCUT2D eigenvalue weighted by molar-refractivity contribution is 0.481. The molecule has 4 aliphatic heterocycles. The Bertz CT molecular complexity index is 3760. The van der Waals surface area contributed by atoms with E-state index in [-0.39, 0.29) is 13.4 Å². The topological polar surface area (TPSA) is 24.9 Å². The first-order chi connectivity index (χ1) is 36.7. The molecule has 0 aromatic heterocycles. The van der Waals surface area contributed by atoms with Crippen LogP contribution in [0.25, 0.3) is 22.3 Å². The standard InChI is InChI=1S/C66H42B2N2O2S2/c1-7-23-43(24-8-1)59-63-65(73-57-41-49(71-47-31-15-5-16-32-47)39-55-61(57)67(63)51-35-19-21-37-53(51)69(55)45-27-11-3-12-28-45)60(44-25-9-2-10-26-44)66-64(59)68-52-36-20-22-38-54(52)70(46-29-13-4-14-30-46)56-40-50(42-58(74-66)62(56)68)72-48-33-17-6-18-34-48/h1-42H. The minimum Gasteiger partial charge on any atom is -0.457 e. The van der Waals surface area contributed by atoms with E-state index in [4.69, 9.17) is 9.47 Å². The molecule has 4 heterocycles. The number of anilines is 6. The molecule has 11 aromatic carbocycles. The van der Waals surface area contributed by atoms with Gasteiger partial charge in [-0.05, 0) is 122 Å². The van der Waals surface area contributed by atoms with E-state index in [1.165, 1.54) is 74.6 Å². The summed E-state index contributed by atoms with van der Waals surface area (Å²) in [6.07, 6.45) is 0. The van der Waals surface area contributed by atoms with Crippen molar-refractivity contribution in [3.63, 3.8) is 0 Å². The summed E-state index contributed by atoms with van der Waals surface area (Å²) in [5, 5.41) is 0. The summed E-state index contributed by atoms with van der Waals surface area (Å²) in [6.45, 7) is -0.262. The Hall–Kier alpha value is -8.55. The summed E-state index contributed by atoms with van der Waals surface area (Å²) in [7, 11) is 0. The average Bonchev–Trinajstić information content (AvgIpc) is 3.58. The molecule has 0 fully saturated rings. The van der Waals surface area contributed by atoms with Crippen LogP contribution in [0.2, 0.25) is 0 Å². The molecule has 4 aliphatic rings. The molecule has 0 atom stereocenters. The highest BCUT2D eigenvalue weighted by Gasteiger charge is 2.49. The van der Waals surface area contributed by atoms with E-state index in [9.17, 15) is 0 Å². The number of para-hydroxylation sites is 6. The van der Waals surface area contributed by atoms with E-state index >= 15 is 0 Å². The Morgan fingerprint density at radius 1 is 0.297 bits per heavy atom. The van der Waals surface area contributed by atoms with Crippen molar-refractivity contribution in [2.24, 2.45) is 0 Å². The van der Waals surface area contributed by atoms with Gasteiger partial charge in [0.05, 0.1) is 0 Å². The van der Waals surface area contributed by atoms with Gasteiger partial charge in [-0.2, -0.15) is 0 Å². The number of rotatable bonds is 8. The zero-order valence-electron chi connectivity index (χ0n) is 39.9. The number of hydrogen-bond acceptors (Lipinski definition) is 6. The minimum absolute atomic E-state index is 0.131. The van der Waals surface area contributed by atoms with Gasteiger partial charge in [-0.15, -0.1) is 0 Å². The molecule has 346 valence electrons. The number of fused-ring (bicyclic) bond motifs is 8. The SMILES string of the molecule is c1ccc(Oc2cc3c4c(c2)N(c2ccccc2)c2ccccc2B4c2c(c(-c4ccccc4)c4c(c2-c2ccccc2)B2c5ccccc5N(c5ccccc5)c5cc(Oc6ccccc6)cc(c52)S4)S3)cc1. The van der Waals surface area contributed by atoms with Crippen LogP contribution >= 0.6 is 23.5 Å². The predicted octanol–water partition coefficient (Wildman–Crippen LogP) is 14.1. The molecule has 15 rings (SSSR count). The molecule has 0 N–H and O–H groups in total. The van der Waals surface area contributed by atoms with Crippen LogP contribution in [0.3, 0.4) is 0 Å². The van der Waals surface area contributed by atoms with Gasteiger partial charge in [0.1, 0.15) is 23.0 Å². The molecule has 4 nitrogen and oxygen atoms in total. The molecule has 74 heavy (non-hydrogen) atoms. The van der Waals surface area contributed by atoms with Gasteiger partial charge in [-0.25, -0.2) is 0 Å². The molecule has 0 unspecified atom stereocenters. The molecule has 0 bridgehead atoms. The Morgan fingerprint density at radius 3 is 1.07 bits per heavy atom. The molecule has 0 spiro atoms. The Kier molecular flexibility index (Phi) is 10.2. The van der Waals surface area contributed by atoms with Crippen LogP contribution in [-0.2, 0) is 0 Å². The van der Waals surface area contributed by atoms with Gasteiger partial charge in [0.25, 0.3) is 0 Å². The van der Waals surface area contributed by atoms with Gasteiger partial charge >= 0.3 is 0 Å². The maximum Gasteiger partial charge on any atom is 0.250 e. The fourth-order valence-electron chi connectivity index (χ4n) is 11.9. The third-order valence-corrected chi connectivity index (χ3v) is 17.2. The monoisotopic (exact) mass is 980 g/mol. The molecule has 0 aliphatic carbocycles. The fraction of sp³-hybridized carbons (Fsp3) is 0. The lowest BCUT2D eigenvalue weighted by atomic mass is 9.30. The molecule has 0 amide bonds.